The van der Waals surface area contributed by atoms with Gasteiger partial charge in [-0.15, -0.1) is 0 Å². The molecule has 0 saturated heterocycles. The average molecular weight is 285 g/mol. The van der Waals surface area contributed by atoms with E-state index in [1.807, 2.05) is 0 Å². The molecule has 10 heteroatoms. The molecule has 0 unspecified atom stereocenters. The van der Waals surface area contributed by atoms with Crippen LogP contribution >= 0.6 is 0 Å². The zero-order valence-electron chi connectivity index (χ0n) is 8.78. The standard InChI is InChI=1S/C8H7F4N3O2S/c9-8(10,11)7-13-3-5-4-15(18(12,16)17)2-1-6(5)14-7/h3H,1-2,4H2. The topological polar surface area (TPSA) is 63.2 Å². The van der Waals surface area contributed by atoms with E-state index < -0.39 is 22.4 Å². The maximum atomic E-state index is 12.7. The number of rotatable bonds is 1. The van der Waals surface area contributed by atoms with Gasteiger partial charge in [0.15, 0.2) is 0 Å². The number of hydrogen-bond acceptors (Lipinski definition) is 4. The summed E-state index contributed by atoms with van der Waals surface area (Å²) in [5.74, 6) is -1.28. The number of aromatic nitrogens is 2. The molecule has 0 amide bonds. The molecule has 2 rings (SSSR count). The predicted octanol–water partition coefficient (Wildman–Crippen LogP) is 1.07. The van der Waals surface area contributed by atoms with Crippen molar-refractivity contribution in [2.75, 3.05) is 6.54 Å². The maximum Gasteiger partial charge on any atom is 0.451 e. The third-order valence-corrected chi connectivity index (χ3v) is 3.39. The Morgan fingerprint density at radius 1 is 1.33 bits per heavy atom. The second kappa shape index (κ2) is 4.12. The zero-order valence-corrected chi connectivity index (χ0v) is 9.59. The molecule has 0 radical (unpaired) electrons. The van der Waals surface area contributed by atoms with Gasteiger partial charge in [0.1, 0.15) is 0 Å². The van der Waals surface area contributed by atoms with E-state index in [1.165, 1.54) is 0 Å². The van der Waals surface area contributed by atoms with E-state index >= 15 is 0 Å². The van der Waals surface area contributed by atoms with Crippen LogP contribution in [0.25, 0.3) is 0 Å². The van der Waals surface area contributed by atoms with Gasteiger partial charge in [0.2, 0.25) is 5.82 Å². The van der Waals surface area contributed by atoms with Gasteiger partial charge >= 0.3 is 16.6 Å². The van der Waals surface area contributed by atoms with Crippen molar-refractivity contribution in [3.05, 3.63) is 23.3 Å². The van der Waals surface area contributed by atoms with Gasteiger partial charge in [0.05, 0.1) is 5.69 Å². The fraction of sp³-hybridized carbons (Fsp3) is 0.500. The molecule has 1 aliphatic heterocycles. The van der Waals surface area contributed by atoms with E-state index in [9.17, 15) is 25.5 Å². The Labute approximate surface area is 99.8 Å². The van der Waals surface area contributed by atoms with Crippen molar-refractivity contribution >= 4 is 10.4 Å². The van der Waals surface area contributed by atoms with Gasteiger partial charge in [0, 0.05) is 31.3 Å². The summed E-state index contributed by atoms with van der Waals surface area (Å²) in [5, 5.41) is 0. The maximum absolute atomic E-state index is 12.7. The summed E-state index contributed by atoms with van der Waals surface area (Å²) in [6.45, 7) is -0.591. The normalized spacial score (nSPS) is 17.6. The largest absolute Gasteiger partial charge is 0.451 e. The Bertz CT molecular complexity index is 572. The summed E-state index contributed by atoms with van der Waals surface area (Å²) in [4.78, 5) is 6.42. The first-order chi connectivity index (χ1) is 8.18. The highest BCUT2D eigenvalue weighted by Gasteiger charge is 2.36. The van der Waals surface area contributed by atoms with Crippen molar-refractivity contribution in [2.24, 2.45) is 0 Å². The van der Waals surface area contributed by atoms with Crippen LogP contribution in [0.1, 0.15) is 17.1 Å². The molecule has 0 bridgehead atoms. The summed E-state index contributed by atoms with van der Waals surface area (Å²) in [5.41, 5.74) is 0.271. The first-order valence-corrected chi connectivity index (χ1v) is 6.13. The van der Waals surface area contributed by atoms with E-state index in [0.717, 1.165) is 6.20 Å². The molecule has 5 nitrogen and oxygen atoms in total. The van der Waals surface area contributed by atoms with Gasteiger partial charge in [-0.25, -0.2) is 9.97 Å². The van der Waals surface area contributed by atoms with E-state index in [4.69, 9.17) is 0 Å². The zero-order chi connectivity index (χ0) is 13.6. The summed E-state index contributed by atoms with van der Waals surface area (Å²) in [6.07, 6.45) is -3.86. The SMILES string of the molecule is O=S(=O)(F)N1CCc2nc(C(F)(F)F)ncc2C1. The van der Waals surface area contributed by atoms with Gasteiger partial charge in [-0.3, -0.25) is 0 Å². The molecule has 0 aliphatic carbocycles. The van der Waals surface area contributed by atoms with E-state index in [-0.39, 0.29) is 30.8 Å². The van der Waals surface area contributed by atoms with E-state index in [0.29, 0.717) is 4.31 Å². The Hall–Kier alpha value is -1.29. The molecule has 0 spiro atoms. The van der Waals surface area contributed by atoms with Crippen molar-refractivity contribution in [3.8, 4) is 0 Å². The third kappa shape index (κ3) is 2.58. The fourth-order valence-corrected chi connectivity index (χ4v) is 2.22. The molecular weight excluding hydrogens is 278 g/mol. The van der Waals surface area contributed by atoms with Crippen LogP contribution in [-0.4, -0.2) is 29.2 Å². The molecule has 0 fully saturated rings. The highest BCUT2D eigenvalue weighted by molar-refractivity contribution is 7.83. The molecule has 100 valence electrons. The summed E-state index contributed by atoms with van der Waals surface area (Å²) in [6, 6.07) is 0. The fourth-order valence-electron chi connectivity index (χ4n) is 1.61. The highest BCUT2D eigenvalue weighted by atomic mass is 32.3. The average Bonchev–Trinajstić information content (AvgIpc) is 2.25. The lowest BCUT2D eigenvalue weighted by atomic mass is 10.1. The van der Waals surface area contributed by atoms with E-state index in [1.54, 1.807) is 0 Å². The van der Waals surface area contributed by atoms with Crippen LogP contribution in [0.15, 0.2) is 6.20 Å². The Kier molecular flexibility index (Phi) is 3.01. The minimum absolute atomic E-state index is 0.0793. The lowest BCUT2D eigenvalue weighted by Gasteiger charge is -2.24. The number of hydrogen-bond donors (Lipinski definition) is 0. The Morgan fingerprint density at radius 2 is 2.00 bits per heavy atom. The molecule has 0 N–H and O–H groups in total. The molecular formula is C8H7F4N3O2S. The van der Waals surface area contributed by atoms with Crippen molar-refractivity contribution < 1.29 is 25.5 Å². The molecule has 0 atom stereocenters. The summed E-state index contributed by atoms with van der Waals surface area (Å²) >= 11 is 0. The molecule has 2 heterocycles. The highest BCUT2D eigenvalue weighted by Crippen LogP contribution is 2.28. The van der Waals surface area contributed by atoms with Gasteiger partial charge in [-0.05, 0) is 0 Å². The van der Waals surface area contributed by atoms with Crippen LogP contribution in [0, 0.1) is 0 Å². The van der Waals surface area contributed by atoms with Crippen LogP contribution in [0.5, 0.6) is 0 Å². The first-order valence-electron chi connectivity index (χ1n) is 4.79. The Balaban J connectivity index is 2.32. The van der Waals surface area contributed by atoms with Crippen LogP contribution < -0.4 is 0 Å². The minimum Gasteiger partial charge on any atom is -0.233 e. The summed E-state index contributed by atoms with van der Waals surface area (Å²) in [7, 11) is -4.85. The molecule has 18 heavy (non-hydrogen) atoms. The quantitative estimate of drug-likeness (QED) is 0.572. The van der Waals surface area contributed by atoms with E-state index in [2.05, 4.69) is 9.97 Å². The lowest BCUT2D eigenvalue weighted by molar-refractivity contribution is -0.145. The molecule has 1 aromatic heterocycles. The number of alkyl halides is 3. The Morgan fingerprint density at radius 3 is 2.56 bits per heavy atom. The number of fused-ring (bicyclic) bond motifs is 1. The van der Waals surface area contributed by atoms with Crippen molar-refractivity contribution in [1.29, 1.82) is 0 Å². The molecule has 0 saturated carbocycles. The first kappa shape index (κ1) is 13.1. The van der Waals surface area contributed by atoms with Crippen molar-refractivity contribution in [2.45, 2.75) is 19.1 Å². The smallest absolute Gasteiger partial charge is 0.233 e. The van der Waals surface area contributed by atoms with Gasteiger partial charge in [-0.2, -0.15) is 25.9 Å². The van der Waals surface area contributed by atoms with Gasteiger partial charge < -0.3 is 0 Å². The second-order valence-corrected chi connectivity index (χ2v) is 5.03. The number of halogens is 4. The lowest BCUT2D eigenvalue weighted by Crippen LogP contribution is -2.34. The van der Waals surface area contributed by atoms with Crippen LogP contribution in [0.4, 0.5) is 17.1 Å². The van der Waals surface area contributed by atoms with Crippen LogP contribution in [0.3, 0.4) is 0 Å². The molecule has 1 aromatic rings. The monoisotopic (exact) mass is 285 g/mol. The molecule has 0 aromatic carbocycles. The third-order valence-electron chi connectivity index (χ3n) is 2.46. The van der Waals surface area contributed by atoms with Gasteiger partial charge in [0.25, 0.3) is 0 Å². The van der Waals surface area contributed by atoms with Crippen molar-refractivity contribution in [1.82, 2.24) is 14.3 Å². The predicted molar refractivity (Wildman–Crippen MR) is 51.2 cm³/mol. The van der Waals surface area contributed by atoms with Crippen LogP contribution in [-0.2, 0) is 29.6 Å². The summed E-state index contributed by atoms with van der Waals surface area (Å²) < 4.78 is 71.6. The van der Waals surface area contributed by atoms with Crippen LogP contribution in [0.2, 0.25) is 0 Å². The van der Waals surface area contributed by atoms with Gasteiger partial charge in [-0.1, -0.05) is 3.89 Å². The number of nitrogens with zero attached hydrogens (tertiary/aromatic N) is 3. The molecule has 1 aliphatic rings. The second-order valence-electron chi connectivity index (χ2n) is 3.69. The van der Waals surface area contributed by atoms with Crippen molar-refractivity contribution in [3.63, 3.8) is 0 Å². The minimum atomic E-state index is -4.85.